The quantitative estimate of drug-likeness (QED) is 0.668. The highest BCUT2D eigenvalue weighted by molar-refractivity contribution is 4.69. The fraction of sp³-hybridized carbons (Fsp3) is 1.00. The smallest absolute Gasteiger partial charge is 0.0335 e. The number of hydrogen-bond acceptors (Lipinski definition) is 3. The summed E-state index contributed by atoms with van der Waals surface area (Å²) in [5.41, 5.74) is 2.18. The van der Waals surface area contributed by atoms with Crippen LogP contribution in [0.1, 0.15) is 35.0 Å². The molecule has 2 N–H and O–H groups in total. The maximum Gasteiger partial charge on any atom is 0.0335 e. The highest BCUT2D eigenvalue weighted by Crippen LogP contribution is 2.14. The van der Waals surface area contributed by atoms with Crippen molar-refractivity contribution in [3.63, 3.8) is 0 Å². The molecule has 0 bridgehead atoms. The molecular weight excluding hydrogens is 164 g/mol. The number of rotatable bonds is 3. The van der Waals surface area contributed by atoms with Crippen molar-refractivity contribution in [3.8, 4) is 0 Å². The van der Waals surface area contributed by atoms with Crippen molar-refractivity contribution in [2.24, 2.45) is 5.92 Å². The van der Waals surface area contributed by atoms with Gasteiger partial charge in [-0.15, -0.1) is 0 Å². The first-order valence-corrected chi connectivity index (χ1v) is 5.42. The molecule has 1 heterocycles. The van der Waals surface area contributed by atoms with E-state index < -0.39 is 0 Å². The molecule has 0 amide bonds. The second-order valence-corrected chi connectivity index (χ2v) is 3.43. The maximum atomic E-state index is 8.37. The Balaban J connectivity index is 0. The molecule has 1 aliphatic heterocycles. The Kier molecular flexibility index (Phi) is 8.40. The van der Waals surface area contributed by atoms with Gasteiger partial charge in [-0.1, -0.05) is 20.8 Å². The summed E-state index contributed by atoms with van der Waals surface area (Å²) < 4.78 is 0. The number of piperidine rings is 1. The fourth-order valence-corrected chi connectivity index (χ4v) is 1.49. The van der Waals surface area contributed by atoms with E-state index in [0.29, 0.717) is 6.54 Å². The predicted molar refractivity (Wildman–Crippen MR) is 58.1 cm³/mol. The van der Waals surface area contributed by atoms with Gasteiger partial charge in [0.1, 0.15) is 0 Å². The summed E-state index contributed by atoms with van der Waals surface area (Å²) in [5.74, 6) is 0.897. The molecule has 0 aliphatic carbocycles. The third-order valence-electron chi connectivity index (χ3n) is 2.42. The van der Waals surface area contributed by atoms with Gasteiger partial charge in [0.2, 0.25) is 0 Å². The van der Waals surface area contributed by atoms with Gasteiger partial charge in [0.05, 0.1) is 0 Å². The molecule has 0 atom stereocenters. The minimum Gasteiger partial charge on any atom is -0.317 e. The fourth-order valence-electron chi connectivity index (χ4n) is 1.49. The van der Waals surface area contributed by atoms with E-state index >= 15 is 0 Å². The Morgan fingerprint density at radius 1 is 1.38 bits per heavy atom. The molecule has 0 aromatic carbocycles. The normalized spacial score (nSPS) is 19.4. The van der Waals surface area contributed by atoms with Gasteiger partial charge in [0.25, 0.3) is 0 Å². The molecule has 1 rings (SSSR count). The Labute approximate surface area is 83.6 Å². The van der Waals surface area contributed by atoms with E-state index in [9.17, 15) is 0 Å². The van der Waals surface area contributed by atoms with Crippen LogP contribution in [0.2, 0.25) is 0 Å². The van der Waals surface area contributed by atoms with Crippen LogP contribution in [0, 0.1) is 5.92 Å². The molecule has 1 aliphatic rings. The van der Waals surface area contributed by atoms with Crippen molar-refractivity contribution in [1.82, 2.24) is 10.4 Å². The highest BCUT2D eigenvalue weighted by Gasteiger charge is 2.14. The summed E-state index contributed by atoms with van der Waals surface area (Å²) in [7, 11) is 0. The van der Waals surface area contributed by atoms with Crippen LogP contribution in [0.15, 0.2) is 0 Å². The van der Waals surface area contributed by atoms with Gasteiger partial charge in [-0.25, -0.2) is 5.48 Å². The minimum atomic E-state index is 0. The molecule has 0 spiro atoms. The first-order chi connectivity index (χ1) is 6.33. The van der Waals surface area contributed by atoms with Gasteiger partial charge in [-0.05, 0) is 31.8 Å². The molecule has 3 heteroatoms. The molecule has 1 fully saturated rings. The second kappa shape index (κ2) is 8.48. The van der Waals surface area contributed by atoms with Gasteiger partial charge in [0, 0.05) is 14.5 Å². The summed E-state index contributed by atoms with van der Waals surface area (Å²) in [5, 5.41) is 8.37. The monoisotopic (exact) mass is 190 g/mol. The Hall–Kier alpha value is -0.120. The summed E-state index contributed by atoms with van der Waals surface area (Å²) in [6, 6.07) is 0. The number of hydrogen-bond donors (Lipinski definition) is 2. The molecule has 3 nitrogen and oxygen atoms in total. The van der Waals surface area contributed by atoms with Crippen LogP contribution in [-0.2, 0) is 0 Å². The van der Waals surface area contributed by atoms with Crippen molar-refractivity contribution in [2.75, 3.05) is 26.2 Å². The van der Waals surface area contributed by atoms with Crippen LogP contribution in [0.3, 0.4) is 0 Å². The molecule has 0 radical (unpaired) electrons. The molecular formula is C10H26N2O. The van der Waals surface area contributed by atoms with E-state index in [1.54, 1.807) is 0 Å². The number of hydroxylamine groups is 1. The zero-order valence-electron chi connectivity index (χ0n) is 9.21. The molecule has 0 saturated carbocycles. The van der Waals surface area contributed by atoms with Crippen molar-refractivity contribution >= 4 is 0 Å². The van der Waals surface area contributed by atoms with Gasteiger partial charge < -0.3 is 10.1 Å². The molecule has 0 aromatic rings. The topological polar surface area (TPSA) is 35.5 Å². The third kappa shape index (κ3) is 6.02. The maximum absolute atomic E-state index is 8.37. The summed E-state index contributed by atoms with van der Waals surface area (Å²) >= 11 is 0. The molecule has 82 valence electrons. The van der Waals surface area contributed by atoms with Crippen molar-refractivity contribution < 1.29 is 6.63 Å². The predicted octanol–water partition coefficient (Wildman–Crippen LogP) is 1.97. The number of nitrogens with one attached hydrogen (secondary N) is 1. The Bertz CT molecular complexity index is 104. The lowest BCUT2D eigenvalue weighted by Crippen LogP contribution is -2.37. The molecule has 0 unspecified atom stereocenters. The van der Waals surface area contributed by atoms with Gasteiger partial charge in [-0.3, -0.25) is 0 Å². The van der Waals surface area contributed by atoms with E-state index in [1.165, 1.54) is 25.9 Å². The average molecular weight is 190 g/mol. The zero-order chi connectivity index (χ0) is 10.1. The second-order valence-electron chi connectivity index (χ2n) is 3.43. The Morgan fingerprint density at radius 3 is 2.38 bits per heavy atom. The zero-order valence-corrected chi connectivity index (χ0v) is 9.21. The van der Waals surface area contributed by atoms with Gasteiger partial charge in [0.15, 0.2) is 0 Å². The highest BCUT2D eigenvalue weighted by atomic mass is 16.5. The summed E-state index contributed by atoms with van der Waals surface area (Å²) in [6.45, 7) is 10.4. The van der Waals surface area contributed by atoms with Gasteiger partial charge in [-0.2, -0.15) is 0 Å². The average Bonchev–Trinajstić information content (AvgIpc) is 2.20. The van der Waals surface area contributed by atoms with Crippen LogP contribution in [0.25, 0.3) is 0 Å². The van der Waals surface area contributed by atoms with Crippen LogP contribution in [-0.4, -0.2) is 36.3 Å². The SMILES string of the molecule is CC.CC1CCN(CCNO)CC1.[HH]. The summed E-state index contributed by atoms with van der Waals surface area (Å²) in [4.78, 5) is 2.39. The van der Waals surface area contributed by atoms with Crippen molar-refractivity contribution in [3.05, 3.63) is 0 Å². The molecule has 13 heavy (non-hydrogen) atoms. The lowest BCUT2D eigenvalue weighted by molar-refractivity contribution is 0.131. The molecule has 1 saturated heterocycles. The lowest BCUT2D eigenvalue weighted by atomic mass is 9.99. The van der Waals surface area contributed by atoms with E-state index in [-0.39, 0.29) is 1.43 Å². The standard InChI is InChI=1S/C8H18N2O.C2H6.H2/c1-8-2-5-10(6-3-8)7-4-9-11;1-2;/h8-9,11H,2-7H2,1H3;1-2H3;1H. The first-order valence-electron chi connectivity index (χ1n) is 5.42. The lowest BCUT2D eigenvalue weighted by Gasteiger charge is -2.29. The van der Waals surface area contributed by atoms with Crippen molar-refractivity contribution in [1.29, 1.82) is 0 Å². The van der Waals surface area contributed by atoms with Crippen molar-refractivity contribution in [2.45, 2.75) is 33.6 Å². The van der Waals surface area contributed by atoms with E-state index in [0.717, 1.165) is 12.5 Å². The first kappa shape index (κ1) is 12.9. The minimum absolute atomic E-state index is 0. The number of nitrogens with zero attached hydrogens (tertiary/aromatic N) is 1. The number of likely N-dealkylation sites (tertiary alicyclic amines) is 1. The molecule has 0 aromatic heterocycles. The van der Waals surface area contributed by atoms with Crippen LogP contribution in [0.4, 0.5) is 0 Å². The van der Waals surface area contributed by atoms with Gasteiger partial charge >= 0.3 is 0 Å². The van der Waals surface area contributed by atoms with Crippen LogP contribution in [0.5, 0.6) is 0 Å². The van der Waals surface area contributed by atoms with E-state index in [4.69, 9.17) is 5.21 Å². The van der Waals surface area contributed by atoms with Crippen LogP contribution >= 0.6 is 0 Å². The van der Waals surface area contributed by atoms with Crippen LogP contribution < -0.4 is 5.48 Å². The largest absolute Gasteiger partial charge is 0.317 e. The van der Waals surface area contributed by atoms with E-state index in [1.807, 2.05) is 13.8 Å². The Morgan fingerprint density at radius 2 is 1.92 bits per heavy atom. The van der Waals surface area contributed by atoms with E-state index in [2.05, 4.69) is 17.3 Å². The summed E-state index contributed by atoms with van der Waals surface area (Å²) in [6.07, 6.45) is 2.62. The third-order valence-corrected chi connectivity index (χ3v) is 2.42.